The smallest absolute Gasteiger partial charge is 0.0565 e. The van der Waals surface area contributed by atoms with Crippen LogP contribution in [0, 0.1) is 12.8 Å². The minimum atomic E-state index is 0.432. The van der Waals surface area contributed by atoms with Crippen molar-refractivity contribution in [2.75, 3.05) is 39.3 Å². The molecule has 2 aliphatic rings. The van der Waals surface area contributed by atoms with E-state index in [1.54, 1.807) is 0 Å². The van der Waals surface area contributed by atoms with E-state index in [-0.39, 0.29) is 0 Å². The van der Waals surface area contributed by atoms with Gasteiger partial charge in [0.25, 0.3) is 0 Å². The van der Waals surface area contributed by atoms with Gasteiger partial charge in [0.15, 0.2) is 0 Å². The molecule has 1 aromatic rings. The van der Waals surface area contributed by atoms with E-state index in [2.05, 4.69) is 28.9 Å². The summed E-state index contributed by atoms with van der Waals surface area (Å²) in [5.74, 6) is 1.01. The lowest BCUT2D eigenvalue weighted by atomic mass is 10.1. The Balaban J connectivity index is 1.56. The summed E-state index contributed by atoms with van der Waals surface area (Å²) in [6, 6.07) is 4.90. The van der Waals surface area contributed by atoms with Crippen LogP contribution >= 0.6 is 11.3 Å². The van der Waals surface area contributed by atoms with Crippen molar-refractivity contribution in [1.29, 1.82) is 0 Å². The maximum Gasteiger partial charge on any atom is 0.0565 e. The van der Waals surface area contributed by atoms with Gasteiger partial charge in [-0.05, 0) is 37.8 Å². The molecule has 1 unspecified atom stereocenters. The summed E-state index contributed by atoms with van der Waals surface area (Å²) in [7, 11) is 0. The molecule has 106 valence electrons. The third-order valence-corrected chi connectivity index (χ3v) is 5.48. The van der Waals surface area contributed by atoms with Crippen molar-refractivity contribution in [1.82, 2.24) is 9.80 Å². The molecule has 2 N–H and O–H groups in total. The maximum absolute atomic E-state index is 6.02. The molecule has 3 rings (SSSR count). The Hall–Kier alpha value is -0.420. The van der Waals surface area contributed by atoms with E-state index in [0.29, 0.717) is 6.04 Å². The van der Waals surface area contributed by atoms with Gasteiger partial charge in [-0.3, -0.25) is 4.90 Å². The lowest BCUT2D eigenvalue weighted by molar-refractivity contribution is 0.0968. The van der Waals surface area contributed by atoms with Crippen molar-refractivity contribution < 1.29 is 0 Å². The van der Waals surface area contributed by atoms with Crippen LogP contribution in [0.5, 0.6) is 0 Å². The Morgan fingerprint density at radius 2 is 2.00 bits per heavy atom. The van der Waals surface area contributed by atoms with Gasteiger partial charge in [0, 0.05) is 49.0 Å². The molecule has 1 saturated carbocycles. The summed E-state index contributed by atoms with van der Waals surface area (Å²) in [4.78, 5) is 8.05. The molecule has 0 aromatic carbocycles. The van der Waals surface area contributed by atoms with E-state index in [9.17, 15) is 0 Å². The van der Waals surface area contributed by atoms with Crippen LogP contribution in [0.3, 0.4) is 0 Å². The minimum absolute atomic E-state index is 0.432. The number of nitrogens with two attached hydrogens (primary N) is 1. The van der Waals surface area contributed by atoms with Crippen molar-refractivity contribution >= 4 is 11.3 Å². The Kier molecular flexibility index (Phi) is 4.22. The molecule has 3 nitrogen and oxygen atoms in total. The molecule has 4 heteroatoms. The van der Waals surface area contributed by atoms with E-state index in [1.165, 1.54) is 55.3 Å². The zero-order valence-corrected chi connectivity index (χ0v) is 12.7. The van der Waals surface area contributed by atoms with Crippen LogP contribution < -0.4 is 5.73 Å². The van der Waals surface area contributed by atoms with E-state index in [0.717, 1.165) is 12.5 Å². The molecule has 2 fully saturated rings. The predicted molar refractivity (Wildman–Crippen MR) is 81.6 cm³/mol. The van der Waals surface area contributed by atoms with Crippen molar-refractivity contribution in [3.05, 3.63) is 21.9 Å². The van der Waals surface area contributed by atoms with Gasteiger partial charge in [0.2, 0.25) is 0 Å². The molecule has 1 atom stereocenters. The fourth-order valence-corrected chi connectivity index (χ4v) is 4.03. The van der Waals surface area contributed by atoms with Crippen molar-refractivity contribution in [2.24, 2.45) is 11.7 Å². The molecule has 1 aromatic heterocycles. The summed E-state index contributed by atoms with van der Waals surface area (Å²) >= 11 is 1.90. The first-order valence-electron chi connectivity index (χ1n) is 7.49. The summed E-state index contributed by atoms with van der Waals surface area (Å²) in [5.41, 5.74) is 6.02. The highest BCUT2D eigenvalue weighted by molar-refractivity contribution is 7.12. The van der Waals surface area contributed by atoms with Crippen LogP contribution in [0.2, 0.25) is 0 Å². The number of rotatable bonds is 5. The normalized spacial score (nSPS) is 23.7. The molecule has 2 heterocycles. The molecule has 0 bridgehead atoms. The van der Waals surface area contributed by atoms with Crippen LogP contribution in [0.1, 0.15) is 28.6 Å². The second-order valence-corrected chi connectivity index (χ2v) is 7.30. The van der Waals surface area contributed by atoms with Gasteiger partial charge in [-0.2, -0.15) is 0 Å². The van der Waals surface area contributed by atoms with Crippen LogP contribution in [0.15, 0.2) is 12.1 Å². The van der Waals surface area contributed by atoms with E-state index >= 15 is 0 Å². The summed E-state index contributed by atoms with van der Waals surface area (Å²) < 4.78 is 0. The number of piperazine rings is 1. The Bertz CT molecular complexity index is 405. The first kappa shape index (κ1) is 13.6. The number of thiophene rings is 1. The highest BCUT2D eigenvalue weighted by Gasteiger charge is 2.28. The van der Waals surface area contributed by atoms with E-state index in [1.807, 2.05) is 11.3 Å². The van der Waals surface area contributed by atoms with Gasteiger partial charge in [0.1, 0.15) is 0 Å². The number of aryl methyl sites for hydroxylation is 1. The molecule has 1 aliphatic carbocycles. The monoisotopic (exact) mass is 279 g/mol. The molecule has 0 spiro atoms. The molecule has 19 heavy (non-hydrogen) atoms. The molecule has 1 saturated heterocycles. The Morgan fingerprint density at radius 3 is 2.53 bits per heavy atom. The van der Waals surface area contributed by atoms with Crippen molar-refractivity contribution in [2.45, 2.75) is 25.8 Å². The molecule has 1 aliphatic heterocycles. The van der Waals surface area contributed by atoms with Crippen LogP contribution in [-0.4, -0.2) is 49.1 Å². The van der Waals surface area contributed by atoms with Crippen LogP contribution in [0.4, 0.5) is 0 Å². The molecule has 0 radical (unpaired) electrons. The molecular weight excluding hydrogens is 254 g/mol. The minimum Gasteiger partial charge on any atom is -0.329 e. The first-order chi connectivity index (χ1) is 9.26. The van der Waals surface area contributed by atoms with Gasteiger partial charge in [-0.1, -0.05) is 0 Å². The fraction of sp³-hybridized carbons (Fsp3) is 0.733. The highest BCUT2D eigenvalue weighted by Crippen LogP contribution is 2.31. The second-order valence-electron chi connectivity index (χ2n) is 5.98. The Morgan fingerprint density at radius 1 is 1.26 bits per heavy atom. The van der Waals surface area contributed by atoms with Crippen LogP contribution in [-0.2, 0) is 0 Å². The third-order valence-electron chi connectivity index (χ3n) is 4.37. The fourth-order valence-electron chi connectivity index (χ4n) is 3.00. The topological polar surface area (TPSA) is 32.5 Å². The summed E-state index contributed by atoms with van der Waals surface area (Å²) in [6.45, 7) is 9.03. The average Bonchev–Trinajstić information content (AvgIpc) is 3.13. The van der Waals surface area contributed by atoms with Gasteiger partial charge >= 0.3 is 0 Å². The highest BCUT2D eigenvalue weighted by atomic mass is 32.1. The van der Waals surface area contributed by atoms with E-state index < -0.39 is 0 Å². The second kappa shape index (κ2) is 5.92. The van der Waals surface area contributed by atoms with Crippen LogP contribution in [0.25, 0.3) is 0 Å². The zero-order valence-electron chi connectivity index (χ0n) is 11.8. The lowest BCUT2D eigenvalue weighted by Gasteiger charge is -2.38. The third kappa shape index (κ3) is 3.37. The average molecular weight is 279 g/mol. The number of nitrogens with zero attached hydrogens (tertiary/aromatic N) is 2. The maximum atomic E-state index is 6.02. The predicted octanol–water partition coefficient (Wildman–Crippen LogP) is 2.08. The lowest BCUT2D eigenvalue weighted by Crippen LogP contribution is -2.49. The van der Waals surface area contributed by atoms with Gasteiger partial charge in [0.05, 0.1) is 6.04 Å². The summed E-state index contributed by atoms with van der Waals surface area (Å²) in [6.07, 6.45) is 2.92. The zero-order chi connectivity index (χ0) is 13.2. The number of hydrogen-bond donors (Lipinski definition) is 1. The quantitative estimate of drug-likeness (QED) is 0.896. The van der Waals surface area contributed by atoms with Gasteiger partial charge in [-0.25, -0.2) is 0 Å². The van der Waals surface area contributed by atoms with Crippen molar-refractivity contribution in [3.8, 4) is 0 Å². The van der Waals surface area contributed by atoms with Crippen molar-refractivity contribution in [3.63, 3.8) is 0 Å². The van der Waals surface area contributed by atoms with Gasteiger partial charge in [-0.15, -0.1) is 11.3 Å². The first-order valence-corrected chi connectivity index (χ1v) is 8.30. The SMILES string of the molecule is Cc1ccc(C(CN)N2CCN(CC3CC3)CC2)s1. The summed E-state index contributed by atoms with van der Waals surface area (Å²) in [5, 5.41) is 0. The molecule has 0 amide bonds. The standard InChI is InChI=1S/C15H25N3S/c1-12-2-5-15(19-12)14(10-16)18-8-6-17(7-9-18)11-13-3-4-13/h2,5,13-14H,3-4,6-11,16H2,1H3. The largest absolute Gasteiger partial charge is 0.329 e. The van der Waals surface area contributed by atoms with Gasteiger partial charge < -0.3 is 10.6 Å². The Labute approximate surface area is 120 Å². The number of hydrogen-bond acceptors (Lipinski definition) is 4. The van der Waals surface area contributed by atoms with E-state index in [4.69, 9.17) is 5.73 Å². The molecular formula is C15H25N3S.